The van der Waals surface area contributed by atoms with Crippen LogP contribution in [-0.4, -0.2) is 96.0 Å². The van der Waals surface area contributed by atoms with Gasteiger partial charge in [-0.3, -0.25) is 14.8 Å². The molecule has 5 N–H and O–H groups in total. The number of nitriles is 1. The third kappa shape index (κ3) is 8.22. The molecule has 2 aromatic heterocycles. The Labute approximate surface area is 317 Å². The number of nitrogen functional groups attached to an aromatic ring is 2. The largest absolute Gasteiger partial charge is 0.481 e. The average Bonchev–Trinajstić information content (AvgIpc) is 3.60. The van der Waals surface area contributed by atoms with E-state index in [4.69, 9.17) is 37.8 Å². The van der Waals surface area contributed by atoms with Crippen LogP contribution in [0.25, 0.3) is 0 Å². The lowest BCUT2D eigenvalue weighted by Crippen LogP contribution is -2.31. The number of carbonyl (C=O) groups is 1. The Hall–Kier alpha value is -4.17. The highest BCUT2D eigenvalue weighted by Gasteiger charge is 2.37. The predicted molar refractivity (Wildman–Crippen MR) is 205 cm³/mol. The normalized spacial score (nSPS) is 24.8. The fourth-order valence-electron chi connectivity index (χ4n) is 7.46. The molecule has 15 nitrogen and oxygen atoms in total. The second-order valence-electron chi connectivity index (χ2n) is 13.5. The third-order valence-corrected chi connectivity index (χ3v) is 10.8. The molecule has 17 heteroatoms. The monoisotopic (exact) mass is 797 g/mol. The van der Waals surface area contributed by atoms with E-state index in [1.54, 1.807) is 14.2 Å². The second-order valence-corrected chi connectivity index (χ2v) is 14.6. The third-order valence-electron chi connectivity index (χ3n) is 9.95. The van der Waals surface area contributed by atoms with Crippen LogP contribution in [0.5, 0.6) is 0 Å². The molecule has 0 aliphatic carbocycles. The van der Waals surface area contributed by atoms with Gasteiger partial charge in [0.1, 0.15) is 21.4 Å². The minimum absolute atomic E-state index is 0.00834. The lowest BCUT2D eigenvalue weighted by molar-refractivity contribution is -0.137. The van der Waals surface area contributed by atoms with Crippen LogP contribution in [0.1, 0.15) is 69.9 Å². The average molecular weight is 799 g/mol. The van der Waals surface area contributed by atoms with Gasteiger partial charge in [0, 0.05) is 81.0 Å². The number of nitrogens with zero attached hydrogens (tertiary/aromatic N) is 9. The van der Waals surface area contributed by atoms with Crippen molar-refractivity contribution in [1.82, 2.24) is 19.9 Å². The first-order chi connectivity index (χ1) is 24.8. The number of hydrogen-bond acceptors (Lipinski definition) is 14. The molecule has 0 bridgehead atoms. The van der Waals surface area contributed by atoms with Gasteiger partial charge in [-0.05, 0) is 47.3 Å². The van der Waals surface area contributed by atoms with E-state index in [1.807, 2.05) is 24.3 Å². The molecule has 0 amide bonds. The number of aromatic nitrogens is 4. The first-order valence-electron chi connectivity index (χ1n) is 17.0. The van der Waals surface area contributed by atoms with E-state index in [0.717, 1.165) is 39.5 Å². The van der Waals surface area contributed by atoms with Crippen LogP contribution in [0.2, 0.25) is 5.15 Å². The number of nitrogens with two attached hydrogens (primary N) is 2. The van der Waals surface area contributed by atoms with Crippen molar-refractivity contribution in [1.29, 1.82) is 5.26 Å². The van der Waals surface area contributed by atoms with Gasteiger partial charge in [0.05, 0.1) is 49.2 Å². The van der Waals surface area contributed by atoms with Crippen LogP contribution in [0.4, 0.5) is 23.5 Å². The van der Waals surface area contributed by atoms with Crippen molar-refractivity contribution in [2.24, 2.45) is 21.8 Å². The summed E-state index contributed by atoms with van der Waals surface area (Å²) in [5.74, 6) is 1.22. The number of hydrogen-bond donors (Lipinski definition) is 3. The van der Waals surface area contributed by atoms with Gasteiger partial charge in [0.2, 0.25) is 11.9 Å². The maximum absolute atomic E-state index is 11.3. The van der Waals surface area contributed by atoms with Crippen LogP contribution >= 0.6 is 27.5 Å². The van der Waals surface area contributed by atoms with Gasteiger partial charge in [-0.1, -0.05) is 25.4 Å². The molecule has 0 spiro atoms. The van der Waals surface area contributed by atoms with Crippen molar-refractivity contribution in [3.8, 4) is 6.07 Å². The van der Waals surface area contributed by atoms with Crippen LogP contribution in [0, 0.1) is 23.2 Å². The Bertz CT molecular complexity index is 1860. The summed E-state index contributed by atoms with van der Waals surface area (Å²) >= 11 is 9.76. The van der Waals surface area contributed by atoms with Gasteiger partial charge in [-0.15, -0.1) is 0 Å². The summed E-state index contributed by atoms with van der Waals surface area (Å²) in [7, 11) is 3.42. The van der Waals surface area contributed by atoms with Crippen LogP contribution in [0.3, 0.4) is 0 Å². The summed E-state index contributed by atoms with van der Waals surface area (Å²) in [4.78, 5) is 41.6. The summed E-state index contributed by atoms with van der Waals surface area (Å²) in [5.41, 5.74) is 17.4. The minimum atomic E-state index is -0.856. The van der Waals surface area contributed by atoms with Crippen molar-refractivity contribution in [2.45, 2.75) is 71.0 Å². The highest BCUT2D eigenvalue weighted by Crippen LogP contribution is 2.43. The number of aliphatic carboxylic acids is 1. The summed E-state index contributed by atoms with van der Waals surface area (Å²) in [6, 6.07) is 2.20. The summed E-state index contributed by atoms with van der Waals surface area (Å²) < 4.78 is 11.8. The number of carboxylic acids is 1. The van der Waals surface area contributed by atoms with Crippen LogP contribution < -0.4 is 21.3 Å². The topological polar surface area (TPSA) is 214 Å². The molecular formula is C35H45BrClN11O4. The van der Waals surface area contributed by atoms with E-state index in [-0.39, 0.29) is 54.2 Å². The number of methoxy groups -OCH3 is 2. The van der Waals surface area contributed by atoms with Gasteiger partial charge in [-0.2, -0.15) is 15.2 Å². The smallest absolute Gasteiger partial charge is 0.304 e. The van der Waals surface area contributed by atoms with Crippen molar-refractivity contribution < 1.29 is 19.4 Å². The molecule has 278 valence electrons. The molecule has 0 fully saturated rings. The molecule has 4 aliphatic rings. The van der Waals surface area contributed by atoms with E-state index in [9.17, 15) is 9.90 Å². The van der Waals surface area contributed by atoms with Crippen molar-refractivity contribution >= 4 is 69.5 Å². The fraction of sp³-hybridized carbons (Fsp3) is 0.543. The minimum Gasteiger partial charge on any atom is -0.481 e. The number of halogens is 2. The van der Waals surface area contributed by atoms with E-state index in [0.29, 0.717) is 54.6 Å². The van der Waals surface area contributed by atoms with Crippen molar-refractivity contribution in [3.63, 3.8) is 0 Å². The van der Waals surface area contributed by atoms with Crippen molar-refractivity contribution in [3.05, 3.63) is 43.4 Å². The highest BCUT2D eigenvalue weighted by molar-refractivity contribution is 9.10. The molecule has 52 heavy (non-hydrogen) atoms. The fourth-order valence-corrected chi connectivity index (χ4v) is 8.47. The number of aliphatic imine (C=N–C) groups is 2. The number of rotatable bonds is 10. The molecule has 6 unspecified atom stereocenters. The molecule has 0 saturated carbocycles. The summed E-state index contributed by atoms with van der Waals surface area (Å²) in [5, 5.41) is 18.6. The Morgan fingerprint density at radius 2 is 1.42 bits per heavy atom. The Morgan fingerprint density at radius 1 is 0.923 bits per heavy atom. The Morgan fingerprint density at radius 3 is 1.92 bits per heavy atom. The van der Waals surface area contributed by atoms with E-state index >= 15 is 0 Å². The van der Waals surface area contributed by atoms with E-state index < -0.39 is 5.97 Å². The van der Waals surface area contributed by atoms with Gasteiger partial charge >= 0.3 is 5.97 Å². The van der Waals surface area contributed by atoms with Gasteiger partial charge in [-0.25, -0.2) is 9.97 Å². The lowest BCUT2D eigenvalue weighted by Gasteiger charge is -2.28. The number of carboxylic acid groups (broad SMARTS) is 1. The molecule has 6 atom stereocenters. The van der Waals surface area contributed by atoms with E-state index in [2.05, 4.69) is 77.6 Å². The molecule has 6 rings (SSSR count). The van der Waals surface area contributed by atoms with Crippen molar-refractivity contribution in [2.75, 3.05) is 61.7 Å². The second kappa shape index (κ2) is 16.7. The zero-order valence-electron chi connectivity index (χ0n) is 30.2. The zero-order valence-corrected chi connectivity index (χ0v) is 32.5. The molecule has 0 saturated heterocycles. The lowest BCUT2D eigenvalue weighted by atomic mass is 9.95. The van der Waals surface area contributed by atoms with E-state index in [1.165, 1.54) is 0 Å². The molecular weight excluding hydrogens is 754 g/mol. The first-order valence-corrected chi connectivity index (χ1v) is 18.2. The quantitative estimate of drug-likeness (QED) is 0.266. The molecule has 2 aromatic rings. The molecule has 0 aromatic carbocycles. The van der Waals surface area contributed by atoms with Gasteiger partial charge in [0.15, 0.2) is 0 Å². The highest BCUT2D eigenvalue weighted by atomic mass is 79.9. The SMILES string of the molecule is COC1C(C)=C(CN2CC(CC(=O)O)c3c(Br)nc(N)nc32)N=CC1C.COC1C(C)=C(CN2CC(CCC#N)c3c(Cl)nc(N)nc32)N=CC1C. The first kappa shape index (κ1) is 39.0. The predicted octanol–water partition coefficient (Wildman–Crippen LogP) is 5.14. The Balaban J connectivity index is 0.000000201. The standard InChI is InChI=1S/C18H23ClN6O.C17H22BrN5O3/c1-10-7-22-13(11(2)15(10)26-3)9-25-8-12(5-4-6-20)14-16(19)23-18(21)24-17(14)25;1-8-5-20-11(9(2)14(8)26-3)7-23-6-10(4-12(24)25)13-15(18)21-17(19)22-16(13)23/h7,10,12,15H,4-5,8-9H2,1-3H3,(H2,21,23,24);5,8,10,14H,4,6-7H2,1-3H3,(H,24,25)(H2,19,21,22). The Kier molecular flexibility index (Phi) is 12.5. The number of ether oxygens (including phenoxy) is 2. The zero-order chi connectivity index (χ0) is 37.9. The van der Waals surface area contributed by atoms with Gasteiger partial charge < -0.3 is 35.8 Å². The maximum atomic E-state index is 11.3. The van der Waals surface area contributed by atoms with Crippen LogP contribution in [-0.2, 0) is 14.3 Å². The summed E-state index contributed by atoms with van der Waals surface area (Å²) in [6.07, 6.45) is 5.02. The number of fused-ring (bicyclic) bond motifs is 2. The van der Waals surface area contributed by atoms with Crippen LogP contribution in [0.15, 0.2) is 37.1 Å². The maximum Gasteiger partial charge on any atom is 0.304 e. The summed E-state index contributed by atoms with van der Waals surface area (Å²) in [6.45, 7) is 10.6. The number of anilines is 4. The van der Waals surface area contributed by atoms with Gasteiger partial charge in [0.25, 0.3) is 0 Å². The molecule has 6 heterocycles. The molecule has 4 aliphatic heterocycles. The molecule has 0 radical (unpaired) electrons.